The van der Waals surface area contributed by atoms with Gasteiger partial charge >= 0.3 is 0 Å². The van der Waals surface area contributed by atoms with Crippen molar-refractivity contribution < 1.29 is 4.74 Å². The van der Waals surface area contributed by atoms with Crippen LogP contribution in [0, 0.1) is 5.92 Å². The summed E-state index contributed by atoms with van der Waals surface area (Å²) in [5.41, 5.74) is 1.32. The van der Waals surface area contributed by atoms with Crippen LogP contribution >= 0.6 is 15.9 Å². The van der Waals surface area contributed by atoms with E-state index in [0.717, 1.165) is 26.1 Å². The van der Waals surface area contributed by atoms with Gasteiger partial charge in [0.1, 0.15) is 0 Å². The summed E-state index contributed by atoms with van der Waals surface area (Å²) < 4.78 is 7.35. The normalized spacial score (nSPS) is 26.8. The molecule has 0 radical (unpaired) electrons. The van der Waals surface area contributed by atoms with Gasteiger partial charge in [-0.05, 0) is 30.7 Å². The Bertz CT molecular complexity index is 313. The van der Waals surface area contributed by atoms with Crippen molar-refractivity contribution in [2.75, 3.05) is 13.2 Å². The summed E-state index contributed by atoms with van der Waals surface area (Å²) in [6.07, 6.45) is 7.46. The van der Waals surface area contributed by atoms with Crippen molar-refractivity contribution in [3.8, 4) is 0 Å². The second-order valence-corrected chi connectivity index (χ2v) is 5.38. The highest BCUT2D eigenvalue weighted by atomic mass is 79.9. The summed E-state index contributed by atoms with van der Waals surface area (Å²) in [4.78, 5) is 0.628. The van der Waals surface area contributed by atoms with E-state index in [9.17, 15) is 0 Å². The maximum Gasteiger partial charge on any atom is 0.0521 e. The van der Waals surface area contributed by atoms with Crippen LogP contribution in [-0.4, -0.2) is 27.8 Å². The molecule has 2 unspecified atom stereocenters. The number of hydrogen-bond donors (Lipinski definition) is 0. The van der Waals surface area contributed by atoms with E-state index >= 15 is 0 Å². The van der Waals surface area contributed by atoms with Crippen LogP contribution in [0.4, 0.5) is 0 Å². The third-order valence-electron chi connectivity index (χ3n) is 2.94. The zero-order chi connectivity index (χ0) is 10.7. The Morgan fingerprint density at radius 3 is 3.20 bits per heavy atom. The van der Waals surface area contributed by atoms with Crippen LogP contribution in [0.5, 0.6) is 0 Å². The number of nitrogens with zero attached hydrogens (tertiary/aromatic N) is 2. The summed E-state index contributed by atoms with van der Waals surface area (Å²) in [6.45, 7) is 1.80. The van der Waals surface area contributed by atoms with E-state index in [-0.39, 0.29) is 0 Å². The zero-order valence-electron chi connectivity index (χ0n) is 9.03. The van der Waals surface area contributed by atoms with E-state index < -0.39 is 0 Å². The number of hydrogen-bond acceptors (Lipinski definition) is 2. The third kappa shape index (κ3) is 3.05. The van der Waals surface area contributed by atoms with E-state index in [2.05, 4.69) is 27.2 Å². The molecule has 2 heterocycles. The molecule has 1 saturated heterocycles. The van der Waals surface area contributed by atoms with Gasteiger partial charge in [0.2, 0.25) is 0 Å². The Kier molecular flexibility index (Phi) is 3.81. The molecule has 2 atom stereocenters. The van der Waals surface area contributed by atoms with Gasteiger partial charge in [-0.1, -0.05) is 15.9 Å². The van der Waals surface area contributed by atoms with Crippen molar-refractivity contribution in [3.05, 3.63) is 18.0 Å². The largest absolute Gasteiger partial charge is 0.381 e. The number of aromatic nitrogens is 2. The fourth-order valence-corrected chi connectivity index (χ4v) is 2.59. The molecule has 84 valence electrons. The smallest absolute Gasteiger partial charge is 0.0521 e. The molecule has 15 heavy (non-hydrogen) atoms. The topological polar surface area (TPSA) is 27.1 Å². The average Bonchev–Trinajstić information content (AvgIpc) is 2.63. The molecule has 0 spiro atoms. The lowest BCUT2D eigenvalue weighted by Gasteiger charge is -2.27. The first-order valence-electron chi connectivity index (χ1n) is 5.45. The van der Waals surface area contributed by atoms with Crippen LogP contribution < -0.4 is 0 Å². The predicted octanol–water partition coefficient (Wildman–Crippen LogP) is 2.15. The molecule has 1 aliphatic rings. The maximum absolute atomic E-state index is 5.50. The summed E-state index contributed by atoms with van der Waals surface area (Å²) in [5.74, 6) is 0.652. The van der Waals surface area contributed by atoms with Crippen molar-refractivity contribution >= 4 is 15.9 Å². The minimum atomic E-state index is 0.628. The maximum atomic E-state index is 5.50. The number of rotatable bonds is 3. The molecule has 0 amide bonds. The minimum Gasteiger partial charge on any atom is -0.381 e. The van der Waals surface area contributed by atoms with E-state index in [0.29, 0.717) is 10.7 Å². The van der Waals surface area contributed by atoms with E-state index in [1.54, 1.807) is 0 Å². The first kappa shape index (κ1) is 11.1. The monoisotopic (exact) mass is 272 g/mol. The Balaban J connectivity index is 1.81. The Morgan fingerprint density at radius 1 is 1.67 bits per heavy atom. The summed E-state index contributed by atoms with van der Waals surface area (Å²) >= 11 is 3.73. The van der Waals surface area contributed by atoms with Crippen LogP contribution in [0.2, 0.25) is 0 Å². The number of alkyl halides is 1. The summed E-state index contributed by atoms with van der Waals surface area (Å²) in [6, 6.07) is 0. The van der Waals surface area contributed by atoms with E-state index in [1.807, 2.05) is 17.9 Å². The molecule has 4 heteroatoms. The Hall–Kier alpha value is -0.350. The quantitative estimate of drug-likeness (QED) is 0.789. The van der Waals surface area contributed by atoms with Gasteiger partial charge in [-0.2, -0.15) is 5.10 Å². The summed E-state index contributed by atoms with van der Waals surface area (Å²) in [7, 11) is 1.96. The Morgan fingerprint density at radius 2 is 2.53 bits per heavy atom. The first-order valence-corrected chi connectivity index (χ1v) is 6.36. The molecule has 0 saturated carbocycles. The van der Waals surface area contributed by atoms with E-state index in [1.165, 1.54) is 12.0 Å². The standard InChI is InChI=1S/C11H17BrN2O/c1-14-7-9(6-13-14)2-3-10-8-15-5-4-11(10)12/h6-7,10-11H,2-5,8H2,1H3. The van der Waals surface area contributed by atoms with Crippen molar-refractivity contribution in [1.82, 2.24) is 9.78 Å². The second kappa shape index (κ2) is 5.12. The van der Waals surface area contributed by atoms with Crippen molar-refractivity contribution in [2.45, 2.75) is 24.1 Å². The molecule has 1 aliphatic heterocycles. The first-order chi connectivity index (χ1) is 7.25. The average molecular weight is 273 g/mol. The van der Waals surface area contributed by atoms with Crippen molar-refractivity contribution in [1.29, 1.82) is 0 Å². The molecule has 0 bridgehead atoms. The second-order valence-electron chi connectivity index (χ2n) is 4.20. The summed E-state index contributed by atoms with van der Waals surface area (Å²) in [5, 5.41) is 4.17. The molecule has 0 N–H and O–H groups in total. The third-order valence-corrected chi connectivity index (χ3v) is 4.15. The van der Waals surface area contributed by atoms with Gasteiger partial charge < -0.3 is 4.74 Å². The number of halogens is 1. The van der Waals surface area contributed by atoms with Gasteiger partial charge in [0, 0.05) is 24.7 Å². The fraction of sp³-hybridized carbons (Fsp3) is 0.727. The molecule has 3 nitrogen and oxygen atoms in total. The molecule has 0 aromatic carbocycles. The van der Waals surface area contributed by atoms with Crippen LogP contribution in [0.3, 0.4) is 0 Å². The van der Waals surface area contributed by atoms with Crippen LogP contribution in [0.1, 0.15) is 18.4 Å². The molecule has 1 aromatic heterocycles. The van der Waals surface area contributed by atoms with Gasteiger partial charge in [-0.3, -0.25) is 4.68 Å². The highest BCUT2D eigenvalue weighted by Gasteiger charge is 2.22. The lowest BCUT2D eigenvalue weighted by molar-refractivity contribution is 0.0574. The molecule has 2 rings (SSSR count). The van der Waals surface area contributed by atoms with Gasteiger partial charge in [0.05, 0.1) is 12.8 Å². The highest BCUT2D eigenvalue weighted by molar-refractivity contribution is 9.09. The minimum absolute atomic E-state index is 0.628. The van der Waals surface area contributed by atoms with E-state index in [4.69, 9.17) is 4.74 Å². The zero-order valence-corrected chi connectivity index (χ0v) is 10.6. The molecular weight excluding hydrogens is 256 g/mol. The molecule has 1 aromatic rings. The van der Waals surface area contributed by atoms with Gasteiger partial charge in [-0.25, -0.2) is 0 Å². The van der Waals surface area contributed by atoms with Crippen LogP contribution in [0.25, 0.3) is 0 Å². The van der Waals surface area contributed by atoms with Gasteiger partial charge in [0.25, 0.3) is 0 Å². The molecule has 0 aliphatic carbocycles. The van der Waals surface area contributed by atoms with Gasteiger partial charge in [0.15, 0.2) is 0 Å². The van der Waals surface area contributed by atoms with Crippen molar-refractivity contribution in [2.24, 2.45) is 13.0 Å². The van der Waals surface area contributed by atoms with Gasteiger partial charge in [-0.15, -0.1) is 0 Å². The van der Waals surface area contributed by atoms with Crippen molar-refractivity contribution in [3.63, 3.8) is 0 Å². The predicted molar refractivity (Wildman–Crippen MR) is 63.2 cm³/mol. The number of ether oxygens (including phenoxy) is 1. The van der Waals surface area contributed by atoms with Crippen LogP contribution in [0.15, 0.2) is 12.4 Å². The lowest BCUT2D eigenvalue weighted by Crippen LogP contribution is -2.28. The molecular formula is C11H17BrN2O. The Labute approximate surface area is 98.9 Å². The highest BCUT2D eigenvalue weighted by Crippen LogP contribution is 2.26. The van der Waals surface area contributed by atoms with Crippen LogP contribution in [-0.2, 0) is 18.2 Å². The lowest BCUT2D eigenvalue weighted by atomic mass is 9.95. The fourth-order valence-electron chi connectivity index (χ4n) is 1.99. The SMILES string of the molecule is Cn1cc(CCC2COCCC2Br)cn1. The molecule has 1 fully saturated rings. The number of aryl methyl sites for hydroxylation is 2.